The summed E-state index contributed by atoms with van der Waals surface area (Å²) in [5.41, 5.74) is 0.258. The second-order valence-electron chi connectivity index (χ2n) is 5.67. The van der Waals surface area contributed by atoms with Gasteiger partial charge in [-0.3, -0.25) is 4.79 Å². The average Bonchev–Trinajstić information content (AvgIpc) is 3.27. The highest BCUT2D eigenvalue weighted by Crippen LogP contribution is 2.28. The van der Waals surface area contributed by atoms with Crippen LogP contribution in [0.2, 0.25) is 5.02 Å². The fourth-order valence-corrected chi connectivity index (χ4v) is 4.86. The first-order chi connectivity index (χ1) is 12.4. The minimum absolute atomic E-state index is 0.0631. The molecule has 140 valence electrons. The van der Waals surface area contributed by atoms with Crippen molar-refractivity contribution in [3.05, 3.63) is 23.2 Å². The number of tetrazole rings is 1. The highest BCUT2D eigenvalue weighted by Gasteiger charge is 2.27. The fraction of sp³-hybridized carbons (Fsp3) is 0.429. The molecule has 1 amide bonds. The molecule has 0 saturated carbocycles. The van der Waals surface area contributed by atoms with Gasteiger partial charge in [-0.25, -0.2) is 13.1 Å². The predicted molar refractivity (Wildman–Crippen MR) is 97.6 cm³/mol. The Kier molecular flexibility index (Phi) is 5.80. The van der Waals surface area contributed by atoms with Crippen molar-refractivity contribution in [1.82, 2.24) is 24.5 Å². The number of nitrogens with zero attached hydrogens (tertiary/aromatic N) is 5. The number of thioether (sulfide) groups is 1. The van der Waals surface area contributed by atoms with E-state index in [1.165, 1.54) is 27.2 Å². The van der Waals surface area contributed by atoms with Crippen molar-refractivity contribution in [3.8, 4) is 0 Å². The predicted octanol–water partition coefficient (Wildman–Crippen LogP) is 1.38. The van der Waals surface area contributed by atoms with Gasteiger partial charge < -0.3 is 5.32 Å². The summed E-state index contributed by atoms with van der Waals surface area (Å²) in [6.45, 7) is 1.02. The molecule has 3 rings (SSSR count). The third kappa shape index (κ3) is 4.17. The van der Waals surface area contributed by atoms with Gasteiger partial charge >= 0.3 is 0 Å². The number of sulfonamides is 1. The van der Waals surface area contributed by atoms with Crippen molar-refractivity contribution in [2.75, 3.05) is 24.2 Å². The van der Waals surface area contributed by atoms with Gasteiger partial charge in [-0.1, -0.05) is 23.4 Å². The van der Waals surface area contributed by atoms with Gasteiger partial charge in [-0.05, 0) is 41.5 Å². The second-order valence-corrected chi connectivity index (χ2v) is 8.96. The summed E-state index contributed by atoms with van der Waals surface area (Å²) in [5, 5.41) is 14.4. The normalized spacial score (nSPS) is 15.3. The van der Waals surface area contributed by atoms with E-state index in [1.54, 1.807) is 7.05 Å². The Morgan fingerprint density at radius 2 is 2.08 bits per heavy atom. The largest absolute Gasteiger partial charge is 0.324 e. The Bertz CT molecular complexity index is 911. The third-order valence-corrected chi connectivity index (χ3v) is 7.06. The average molecular weight is 417 g/mol. The van der Waals surface area contributed by atoms with Crippen LogP contribution in [0.15, 0.2) is 28.3 Å². The third-order valence-electron chi connectivity index (χ3n) is 3.83. The number of carbonyl (C=O) groups excluding carboxylic acids is 1. The minimum Gasteiger partial charge on any atom is -0.324 e. The van der Waals surface area contributed by atoms with Crippen LogP contribution in [0.25, 0.3) is 0 Å². The van der Waals surface area contributed by atoms with Crippen LogP contribution in [0.3, 0.4) is 0 Å². The lowest BCUT2D eigenvalue weighted by Gasteiger charge is -2.16. The number of aromatic nitrogens is 4. The number of hydrogen-bond donors (Lipinski definition) is 1. The van der Waals surface area contributed by atoms with Gasteiger partial charge in [0.2, 0.25) is 21.1 Å². The molecule has 1 saturated heterocycles. The molecule has 12 heteroatoms. The summed E-state index contributed by atoms with van der Waals surface area (Å²) in [6.07, 6.45) is 1.70. The quantitative estimate of drug-likeness (QED) is 0.708. The van der Waals surface area contributed by atoms with E-state index in [0.717, 1.165) is 24.6 Å². The van der Waals surface area contributed by atoms with Gasteiger partial charge in [-0.2, -0.15) is 4.31 Å². The van der Waals surface area contributed by atoms with Crippen LogP contribution in [0.5, 0.6) is 0 Å². The van der Waals surface area contributed by atoms with Crippen molar-refractivity contribution in [2.45, 2.75) is 22.9 Å². The van der Waals surface area contributed by atoms with Gasteiger partial charge in [0, 0.05) is 20.1 Å². The number of rotatable bonds is 6. The first kappa shape index (κ1) is 19.1. The Labute approximate surface area is 160 Å². The van der Waals surface area contributed by atoms with Crippen LogP contribution in [-0.4, -0.2) is 57.7 Å². The zero-order valence-electron chi connectivity index (χ0n) is 13.9. The smallest absolute Gasteiger partial charge is 0.243 e. The molecule has 9 nitrogen and oxygen atoms in total. The number of carbonyl (C=O) groups is 1. The molecule has 0 aliphatic carbocycles. The number of nitrogens with one attached hydrogen (secondary N) is 1. The Hall–Kier alpha value is -1.69. The Morgan fingerprint density at radius 3 is 2.73 bits per heavy atom. The summed E-state index contributed by atoms with van der Waals surface area (Å²) in [5.74, 6) is -0.274. The number of hydrogen-bond acceptors (Lipinski definition) is 7. The van der Waals surface area contributed by atoms with E-state index in [1.807, 2.05) is 0 Å². The van der Waals surface area contributed by atoms with Crippen LogP contribution < -0.4 is 5.32 Å². The molecule has 2 heterocycles. The van der Waals surface area contributed by atoms with Crippen molar-refractivity contribution in [3.63, 3.8) is 0 Å². The van der Waals surface area contributed by atoms with E-state index >= 15 is 0 Å². The van der Waals surface area contributed by atoms with E-state index in [-0.39, 0.29) is 27.3 Å². The monoisotopic (exact) mass is 416 g/mol. The van der Waals surface area contributed by atoms with Gasteiger partial charge in [0.25, 0.3) is 0 Å². The van der Waals surface area contributed by atoms with Crippen LogP contribution >= 0.6 is 23.4 Å². The maximum absolute atomic E-state index is 12.6. The highest BCUT2D eigenvalue weighted by molar-refractivity contribution is 7.99. The van der Waals surface area contributed by atoms with Crippen molar-refractivity contribution in [1.29, 1.82) is 0 Å². The number of anilines is 1. The molecule has 1 aromatic carbocycles. The van der Waals surface area contributed by atoms with E-state index in [4.69, 9.17) is 11.6 Å². The Morgan fingerprint density at radius 1 is 1.35 bits per heavy atom. The fourth-order valence-electron chi connectivity index (χ4n) is 2.50. The Balaban J connectivity index is 1.71. The molecule has 0 radical (unpaired) electrons. The van der Waals surface area contributed by atoms with Gasteiger partial charge in [0.15, 0.2) is 0 Å². The summed E-state index contributed by atoms with van der Waals surface area (Å²) < 4.78 is 28.2. The molecule has 0 bridgehead atoms. The molecule has 0 unspecified atom stereocenters. The molecule has 1 aromatic heterocycles. The van der Waals surface area contributed by atoms with Gasteiger partial charge in [0.1, 0.15) is 0 Å². The van der Waals surface area contributed by atoms with E-state index in [2.05, 4.69) is 20.8 Å². The minimum atomic E-state index is -3.58. The first-order valence-corrected chi connectivity index (χ1v) is 10.6. The van der Waals surface area contributed by atoms with E-state index in [0.29, 0.717) is 18.2 Å². The topological polar surface area (TPSA) is 110 Å². The molecule has 1 fully saturated rings. The maximum atomic E-state index is 12.6. The molecular weight excluding hydrogens is 400 g/mol. The summed E-state index contributed by atoms with van der Waals surface area (Å²) in [4.78, 5) is 12.3. The van der Waals surface area contributed by atoms with Crippen LogP contribution in [0.4, 0.5) is 5.69 Å². The summed E-state index contributed by atoms with van der Waals surface area (Å²) in [7, 11) is -1.91. The standard InChI is InChI=1S/C14H17ClN6O3S2/c1-20-14(17-18-19-20)25-9-13(22)16-12-8-10(4-5-11(12)15)26(23,24)21-6-2-3-7-21/h4-5,8H,2-3,6-7,9H2,1H3,(H,16,22). The highest BCUT2D eigenvalue weighted by atomic mass is 35.5. The summed E-state index contributed by atoms with van der Waals surface area (Å²) in [6, 6.07) is 4.31. The SMILES string of the molecule is Cn1nnnc1SCC(=O)Nc1cc(S(=O)(=O)N2CCCC2)ccc1Cl. The molecule has 1 N–H and O–H groups in total. The van der Waals surface area contributed by atoms with Gasteiger partial charge in [0.05, 0.1) is 21.4 Å². The van der Waals surface area contributed by atoms with Crippen molar-refractivity contribution >= 4 is 45.0 Å². The molecule has 2 aromatic rings. The maximum Gasteiger partial charge on any atom is 0.243 e. The van der Waals surface area contributed by atoms with E-state index in [9.17, 15) is 13.2 Å². The zero-order chi connectivity index (χ0) is 18.7. The number of aryl methyl sites for hydroxylation is 1. The molecule has 1 aliphatic rings. The molecule has 0 atom stereocenters. The molecule has 0 spiro atoms. The van der Waals surface area contributed by atoms with Crippen LogP contribution in [0.1, 0.15) is 12.8 Å². The second kappa shape index (κ2) is 7.91. The number of benzene rings is 1. The number of amides is 1. The molecule has 26 heavy (non-hydrogen) atoms. The van der Waals surface area contributed by atoms with E-state index < -0.39 is 10.0 Å². The zero-order valence-corrected chi connectivity index (χ0v) is 16.3. The number of halogens is 1. The van der Waals surface area contributed by atoms with Crippen LogP contribution in [-0.2, 0) is 21.9 Å². The van der Waals surface area contributed by atoms with Crippen molar-refractivity contribution in [2.24, 2.45) is 7.05 Å². The molecular formula is C14H17ClN6O3S2. The van der Waals surface area contributed by atoms with Crippen molar-refractivity contribution < 1.29 is 13.2 Å². The van der Waals surface area contributed by atoms with Crippen LogP contribution in [0, 0.1) is 0 Å². The lowest BCUT2D eigenvalue weighted by atomic mass is 10.3. The summed E-state index contributed by atoms with van der Waals surface area (Å²) >= 11 is 7.27. The lowest BCUT2D eigenvalue weighted by molar-refractivity contribution is -0.113. The first-order valence-electron chi connectivity index (χ1n) is 7.82. The molecule has 1 aliphatic heterocycles. The van der Waals surface area contributed by atoms with Gasteiger partial charge in [-0.15, -0.1) is 5.10 Å². The lowest BCUT2D eigenvalue weighted by Crippen LogP contribution is -2.28.